The molecule has 0 aromatic carbocycles. The normalized spacial score (nSPS) is 36.1. The summed E-state index contributed by atoms with van der Waals surface area (Å²) in [4.78, 5) is 0. The molecule has 0 saturated carbocycles. The highest BCUT2D eigenvalue weighted by molar-refractivity contribution is 4.89. The molecule has 1 unspecified atom stereocenters. The lowest BCUT2D eigenvalue weighted by atomic mass is 10.1. The van der Waals surface area contributed by atoms with Crippen LogP contribution in [0.5, 0.6) is 0 Å². The second kappa shape index (κ2) is 2.50. The van der Waals surface area contributed by atoms with Gasteiger partial charge in [0, 0.05) is 6.42 Å². The SMILES string of the molecule is C=CC1(O)CCCCO1. The van der Waals surface area contributed by atoms with Crippen molar-refractivity contribution >= 4 is 0 Å². The van der Waals surface area contributed by atoms with Crippen LogP contribution in [0.2, 0.25) is 0 Å². The minimum atomic E-state index is -1.02. The maximum absolute atomic E-state index is 9.34. The van der Waals surface area contributed by atoms with Crippen LogP contribution in [0.1, 0.15) is 19.3 Å². The van der Waals surface area contributed by atoms with Gasteiger partial charge >= 0.3 is 0 Å². The first kappa shape index (κ1) is 6.78. The third-order valence-electron chi connectivity index (χ3n) is 1.60. The van der Waals surface area contributed by atoms with Crippen LogP contribution < -0.4 is 0 Å². The highest BCUT2D eigenvalue weighted by atomic mass is 16.6. The Morgan fingerprint density at radius 2 is 2.33 bits per heavy atom. The highest BCUT2D eigenvalue weighted by Crippen LogP contribution is 2.22. The lowest BCUT2D eigenvalue weighted by molar-refractivity contribution is -0.188. The Kier molecular flexibility index (Phi) is 1.88. The summed E-state index contributed by atoms with van der Waals surface area (Å²) in [7, 11) is 0. The summed E-state index contributed by atoms with van der Waals surface area (Å²) in [6.45, 7) is 4.14. The van der Waals surface area contributed by atoms with Crippen molar-refractivity contribution < 1.29 is 9.84 Å². The van der Waals surface area contributed by atoms with Crippen LogP contribution >= 0.6 is 0 Å². The molecular weight excluding hydrogens is 116 g/mol. The van der Waals surface area contributed by atoms with Crippen LogP contribution in [0.3, 0.4) is 0 Å². The van der Waals surface area contributed by atoms with Gasteiger partial charge in [-0.1, -0.05) is 6.58 Å². The highest BCUT2D eigenvalue weighted by Gasteiger charge is 2.25. The summed E-state index contributed by atoms with van der Waals surface area (Å²) in [5.41, 5.74) is 0. The lowest BCUT2D eigenvalue weighted by Crippen LogP contribution is -2.33. The zero-order valence-corrected chi connectivity index (χ0v) is 5.47. The van der Waals surface area contributed by atoms with Crippen molar-refractivity contribution in [2.75, 3.05) is 6.61 Å². The van der Waals surface area contributed by atoms with E-state index in [4.69, 9.17) is 4.74 Å². The van der Waals surface area contributed by atoms with Gasteiger partial charge < -0.3 is 9.84 Å². The fraction of sp³-hybridized carbons (Fsp3) is 0.714. The smallest absolute Gasteiger partial charge is 0.184 e. The van der Waals surface area contributed by atoms with E-state index in [2.05, 4.69) is 6.58 Å². The van der Waals surface area contributed by atoms with Crippen LogP contribution in [0.4, 0.5) is 0 Å². The maximum Gasteiger partial charge on any atom is 0.184 e. The van der Waals surface area contributed by atoms with Crippen molar-refractivity contribution in [1.29, 1.82) is 0 Å². The van der Waals surface area contributed by atoms with Gasteiger partial charge in [-0.2, -0.15) is 0 Å². The van der Waals surface area contributed by atoms with E-state index in [-0.39, 0.29) is 0 Å². The molecule has 0 spiro atoms. The van der Waals surface area contributed by atoms with E-state index < -0.39 is 5.79 Å². The first-order valence-electron chi connectivity index (χ1n) is 3.27. The molecule has 0 amide bonds. The quantitative estimate of drug-likeness (QED) is 0.535. The number of aliphatic hydroxyl groups is 1. The van der Waals surface area contributed by atoms with E-state index in [1.54, 1.807) is 0 Å². The van der Waals surface area contributed by atoms with Crippen LogP contribution in [0.25, 0.3) is 0 Å². The molecule has 1 saturated heterocycles. The van der Waals surface area contributed by atoms with Crippen LogP contribution in [-0.4, -0.2) is 17.5 Å². The van der Waals surface area contributed by atoms with Crippen molar-refractivity contribution in [2.24, 2.45) is 0 Å². The average Bonchev–Trinajstić information content (AvgIpc) is 1.90. The fourth-order valence-electron chi connectivity index (χ4n) is 0.962. The summed E-state index contributed by atoms with van der Waals surface area (Å²) in [6.07, 6.45) is 4.24. The Hall–Kier alpha value is -0.340. The Labute approximate surface area is 55.1 Å². The van der Waals surface area contributed by atoms with Crippen molar-refractivity contribution in [3.05, 3.63) is 12.7 Å². The van der Waals surface area contributed by atoms with Gasteiger partial charge in [-0.05, 0) is 18.9 Å². The first-order valence-corrected chi connectivity index (χ1v) is 3.27. The molecule has 0 bridgehead atoms. The molecule has 0 radical (unpaired) electrons. The number of rotatable bonds is 1. The Balaban J connectivity index is 2.46. The molecule has 2 heteroatoms. The lowest BCUT2D eigenvalue weighted by Gasteiger charge is -2.28. The molecule has 52 valence electrons. The Bertz CT molecular complexity index is 103. The number of ether oxygens (including phenoxy) is 1. The van der Waals surface area contributed by atoms with Crippen LogP contribution in [0, 0.1) is 0 Å². The third kappa shape index (κ3) is 1.53. The maximum atomic E-state index is 9.34. The van der Waals surface area contributed by atoms with E-state index >= 15 is 0 Å². The molecule has 1 heterocycles. The fourth-order valence-corrected chi connectivity index (χ4v) is 0.962. The zero-order chi connectivity index (χ0) is 6.74. The van der Waals surface area contributed by atoms with Crippen LogP contribution in [0.15, 0.2) is 12.7 Å². The molecule has 1 aliphatic rings. The summed E-state index contributed by atoms with van der Waals surface area (Å²) in [6, 6.07) is 0. The van der Waals surface area contributed by atoms with E-state index in [9.17, 15) is 5.11 Å². The first-order chi connectivity index (χ1) is 4.27. The number of hydrogen-bond acceptors (Lipinski definition) is 2. The molecule has 0 aliphatic carbocycles. The Morgan fingerprint density at radius 3 is 2.67 bits per heavy atom. The molecular formula is C7H12O2. The van der Waals surface area contributed by atoms with Gasteiger partial charge in [0.25, 0.3) is 0 Å². The van der Waals surface area contributed by atoms with Crippen LogP contribution in [-0.2, 0) is 4.74 Å². The molecule has 0 aromatic rings. The van der Waals surface area contributed by atoms with E-state index in [1.807, 2.05) is 0 Å². The van der Waals surface area contributed by atoms with E-state index in [0.717, 1.165) is 12.8 Å². The van der Waals surface area contributed by atoms with Crippen molar-refractivity contribution in [3.8, 4) is 0 Å². The molecule has 2 nitrogen and oxygen atoms in total. The predicted molar refractivity (Wildman–Crippen MR) is 34.9 cm³/mol. The zero-order valence-electron chi connectivity index (χ0n) is 5.47. The minimum absolute atomic E-state index is 0.655. The van der Waals surface area contributed by atoms with Gasteiger partial charge in [0.2, 0.25) is 0 Å². The van der Waals surface area contributed by atoms with E-state index in [0.29, 0.717) is 13.0 Å². The predicted octanol–water partition coefficient (Wildman–Crippen LogP) is 1.06. The largest absolute Gasteiger partial charge is 0.362 e. The third-order valence-corrected chi connectivity index (χ3v) is 1.60. The Morgan fingerprint density at radius 1 is 1.56 bits per heavy atom. The van der Waals surface area contributed by atoms with E-state index in [1.165, 1.54) is 6.08 Å². The minimum Gasteiger partial charge on any atom is -0.362 e. The van der Waals surface area contributed by atoms with Crippen molar-refractivity contribution in [2.45, 2.75) is 25.0 Å². The number of hydrogen-bond donors (Lipinski definition) is 1. The van der Waals surface area contributed by atoms with Gasteiger partial charge in [0.1, 0.15) is 0 Å². The summed E-state index contributed by atoms with van der Waals surface area (Å²) < 4.78 is 5.05. The summed E-state index contributed by atoms with van der Waals surface area (Å²) in [5, 5.41) is 9.34. The van der Waals surface area contributed by atoms with Gasteiger partial charge in [0.15, 0.2) is 5.79 Å². The van der Waals surface area contributed by atoms with Crippen molar-refractivity contribution in [3.63, 3.8) is 0 Å². The second-order valence-corrected chi connectivity index (χ2v) is 2.35. The molecule has 1 N–H and O–H groups in total. The standard InChI is InChI=1S/C7H12O2/c1-2-7(8)5-3-4-6-9-7/h2,8H,1,3-6H2. The van der Waals surface area contributed by atoms with Gasteiger partial charge in [0.05, 0.1) is 6.61 Å². The molecule has 1 fully saturated rings. The molecule has 1 aliphatic heterocycles. The van der Waals surface area contributed by atoms with Gasteiger partial charge in [-0.15, -0.1) is 0 Å². The molecule has 9 heavy (non-hydrogen) atoms. The van der Waals surface area contributed by atoms with Gasteiger partial charge in [-0.25, -0.2) is 0 Å². The average molecular weight is 128 g/mol. The second-order valence-electron chi connectivity index (χ2n) is 2.35. The summed E-state index contributed by atoms with van der Waals surface area (Å²) >= 11 is 0. The molecule has 1 rings (SSSR count). The monoisotopic (exact) mass is 128 g/mol. The molecule has 0 aromatic heterocycles. The van der Waals surface area contributed by atoms with Crippen molar-refractivity contribution in [1.82, 2.24) is 0 Å². The topological polar surface area (TPSA) is 29.5 Å². The van der Waals surface area contributed by atoms with Gasteiger partial charge in [-0.3, -0.25) is 0 Å². The molecule has 1 atom stereocenters. The summed E-state index contributed by atoms with van der Waals surface area (Å²) in [5.74, 6) is -1.02.